The third kappa shape index (κ3) is 3.29. The lowest BCUT2D eigenvalue weighted by molar-refractivity contribution is -0.151. The van der Waals surface area contributed by atoms with Crippen LogP contribution in [0.2, 0.25) is 0 Å². The number of aromatic nitrogens is 1. The predicted molar refractivity (Wildman–Crippen MR) is 85.6 cm³/mol. The van der Waals surface area contributed by atoms with Gasteiger partial charge in [-0.05, 0) is 18.9 Å². The maximum Gasteiger partial charge on any atom is 0.311 e. The minimum absolute atomic E-state index is 0.0800. The van der Waals surface area contributed by atoms with E-state index in [0.717, 1.165) is 30.2 Å². The Bertz CT molecular complexity index is 519. The Morgan fingerprint density at radius 3 is 2.62 bits per heavy atom. The SMILES string of the molecule is CC(C)C1(C(=O)O)CCN(Cc2csc(C(C)(C)C)n2)C1. The molecule has 21 heavy (non-hydrogen) atoms. The highest BCUT2D eigenvalue weighted by molar-refractivity contribution is 7.09. The topological polar surface area (TPSA) is 53.4 Å². The van der Waals surface area contributed by atoms with Crippen molar-refractivity contribution >= 4 is 17.3 Å². The second-order valence-electron chi connectivity index (χ2n) is 7.47. The van der Waals surface area contributed by atoms with Crippen LogP contribution in [0.4, 0.5) is 0 Å². The van der Waals surface area contributed by atoms with Gasteiger partial charge in [0.05, 0.1) is 16.1 Å². The minimum atomic E-state index is -0.659. The van der Waals surface area contributed by atoms with Crippen molar-refractivity contribution in [2.24, 2.45) is 11.3 Å². The van der Waals surface area contributed by atoms with Gasteiger partial charge in [-0.15, -0.1) is 11.3 Å². The molecule has 1 aromatic rings. The molecule has 1 N–H and O–H groups in total. The van der Waals surface area contributed by atoms with Gasteiger partial charge in [-0.25, -0.2) is 4.98 Å². The number of thiazole rings is 1. The normalized spacial score (nSPS) is 23.9. The zero-order valence-electron chi connectivity index (χ0n) is 13.6. The fourth-order valence-electron chi connectivity index (χ4n) is 2.90. The molecule has 1 unspecified atom stereocenters. The Morgan fingerprint density at radius 2 is 2.19 bits per heavy atom. The van der Waals surface area contributed by atoms with Crippen molar-refractivity contribution in [2.45, 2.75) is 53.0 Å². The smallest absolute Gasteiger partial charge is 0.311 e. The molecule has 1 aliphatic heterocycles. The predicted octanol–water partition coefficient (Wildman–Crippen LogP) is 3.37. The number of aliphatic carboxylic acids is 1. The molecule has 1 fully saturated rings. The minimum Gasteiger partial charge on any atom is -0.481 e. The Labute approximate surface area is 131 Å². The van der Waals surface area contributed by atoms with Crippen LogP contribution < -0.4 is 0 Å². The zero-order valence-corrected chi connectivity index (χ0v) is 14.5. The molecule has 5 heteroatoms. The van der Waals surface area contributed by atoms with Gasteiger partial charge in [0.25, 0.3) is 0 Å². The van der Waals surface area contributed by atoms with Crippen LogP contribution in [0.3, 0.4) is 0 Å². The van der Waals surface area contributed by atoms with Crippen LogP contribution in [0.1, 0.15) is 51.7 Å². The molecule has 1 aliphatic rings. The monoisotopic (exact) mass is 310 g/mol. The van der Waals surface area contributed by atoms with Crippen LogP contribution >= 0.6 is 11.3 Å². The molecule has 118 valence electrons. The van der Waals surface area contributed by atoms with Crippen LogP contribution in [0.15, 0.2) is 5.38 Å². The van der Waals surface area contributed by atoms with E-state index in [1.165, 1.54) is 0 Å². The summed E-state index contributed by atoms with van der Waals surface area (Å²) in [4.78, 5) is 18.6. The largest absolute Gasteiger partial charge is 0.481 e. The van der Waals surface area contributed by atoms with E-state index in [4.69, 9.17) is 4.98 Å². The van der Waals surface area contributed by atoms with E-state index >= 15 is 0 Å². The summed E-state index contributed by atoms with van der Waals surface area (Å²) in [6.45, 7) is 12.7. The molecular weight excluding hydrogens is 284 g/mol. The van der Waals surface area contributed by atoms with Gasteiger partial charge < -0.3 is 5.11 Å². The first-order chi connectivity index (χ1) is 9.65. The Hall–Kier alpha value is -0.940. The number of rotatable bonds is 4. The molecule has 0 aliphatic carbocycles. The van der Waals surface area contributed by atoms with Gasteiger partial charge in [-0.1, -0.05) is 34.6 Å². The Morgan fingerprint density at radius 1 is 1.52 bits per heavy atom. The maximum atomic E-state index is 11.7. The highest BCUT2D eigenvalue weighted by Crippen LogP contribution is 2.38. The third-order valence-electron chi connectivity index (χ3n) is 4.49. The van der Waals surface area contributed by atoms with Crippen molar-refractivity contribution in [3.63, 3.8) is 0 Å². The Balaban J connectivity index is 2.06. The molecule has 2 rings (SSSR count). The molecule has 1 atom stereocenters. The van der Waals surface area contributed by atoms with Gasteiger partial charge in [0.15, 0.2) is 0 Å². The van der Waals surface area contributed by atoms with E-state index < -0.39 is 11.4 Å². The van der Waals surface area contributed by atoms with E-state index in [0.29, 0.717) is 6.54 Å². The number of hydrogen-bond acceptors (Lipinski definition) is 4. The fourth-order valence-corrected chi connectivity index (χ4v) is 3.79. The van der Waals surface area contributed by atoms with E-state index in [2.05, 4.69) is 31.1 Å². The number of carboxylic acids is 1. The molecule has 1 saturated heterocycles. The molecule has 0 saturated carbocycles. The first-order valence-electron chi connectivity index (χ1n) is 7.56. The standard InChI is InChI=1S/C16H26N2O2S/c1-11(2)16(14(19)20)6-7-18(10-16)8-12-9-21-13(17-12)15(3,4)5/h9,11H,6-8,10H2,1-5H3,(H,19,20). The quantitative estimate of drug-likeness (QED) is 0.926. The van der Waals surface area contributed by atoms with Crippen molar-refractivity contribution < 1.29 is 9.90 Å². The van der Waals surface area contributed by atoms with Crippen LogP contribution in [-0.4, -0.2) is 34.0 Å². The van der Waals surface area contributed by atoms with Crippen LogP contribution in [-0.2, 0) is 16.8 Å². The Kier molecular flexibility index (Phi) is 4.45. The summed E-state index contributed by atoms with van der Waals surface area (Å²) in [7, 11) is 0. The number of carbonyl (C=O) groups is 1. The van der Waals surface area contributed by atoms with E-state index in [1.807, 2.05) is 13.8 Å². The lowest BCUT2D eigenvalue weighted by Gasteiger charge is -2.28. The van der Waals surface area contributed by atoms with E-state index in [9.17, 15) is 9.90 Å². The van der Waals surface area contributed by atoms with Crippen LogP contribution in [0.25, 0.3) is 0 Å². The number of nitrogens with zero attached hydrogens (tertiary/aromatic N) is 2. The van der Waals surface area contributed by atoms with Crippen molar-refractivity contribution in [3.8, 4) is 0 Å². The van der Waals surface area contributed by atoms with Crippen molar-refractivity contribution in [2.75, 3.05) is 13.1 Å². The molecule has 0 amide bonds. The third-order valence-corrected chi connectivity index (χ3v) is 5.81. The van der Waals surface area contributed by atoms with E-state index in [1.54, 1.807) is 11.3 Å². The summed E-state index contributed by atoms with van der Waals surface area (Å²) in [5, 5.41) is 12.8. The van der Waals surface area contributed by atoms with Gasteiger partial charge in [-0.2, -0.15) is 0 Å². The van der Waals surface area contributed by atoms with E-state index in [-0.39, 0.29) is 11.3 Å². The summed E-state index contributed by atoms with van der Waals surface area (Å²) in [6, 6.07) is 0. The lowest BCUT2D eigenvalue weighted by atomic mass is 9.76. The van der Waals surface area contributed by atoms with Crippen molar-refractivity contribution in [1.82, 2.24) is 9.88 Å². The first kappa shape index (κ1) is 16.4. The molecule has 4 nitrogen and oxygen atoms in total. The van der Waals surface area contributed by atoms with Gasteiger partial charge in [0.1, 0.15) is 0 Å². The van der Waals surface area contributed by atoms with Crippen LogP contribution in [0, 0.1) is 11.3 Å². The highest BCUT2D eigenvalue weighted by atomic mass is 32.1. The average molecular weight is 310 g/mol. The second-order valence-corrected chi connectivity index (χ2v) is 8.33. The molecule has 1 aromatic heterocycles. The van der Waals surface area contributed by atoms with Crippen LogP contribution in [0.5, 0.6) is 0 Å². The second kappa shape index (κ2) is 5.69. The molecule has 0 radical (unpaired) electrons. The molecule has 0 spiro atoms. The average Bonchev–Trinajstić information content (AvgIpc) is 2.96. The van der Waals surface area contributed by atoms with Crippen molar-refractivity contribution in [1.29, 1.82) is 0 Å². The molecular formula is C16H26N2O2S. The fraction of sp³-hybridized carbons (Fsp3) is 0.750. The maximum absolute atomic E-state index is 11.7. The highest BCUT2D eigenvalue weighted by Gasteiger charge is 2.47. The first-order valence-corrected chi connectivity index (χ1v) is 8.44. The summed E-state index contributed by atoms with van der Waals surface area (Å²) >= 11 is 1.70. The van der Waals surface area contributed by atoms with Gasteiger partial charge in [-0.3, -0.25) is 9.69 Å². The molecule has 0 bridgehead atoms. The summed E-state index contributed by atoms with van der Waals surface area (Å²) in [5.74, 6) is -0.505. The number of hydrogen-bond donors (Lipinski definition) is 1. The van der Waals surface area contributed by atoms with Gasteiger partial charge in [0, 0.05) is 23.9 Å². The molecule has 2 heterocycles. The lowest BCUT2D eigenvalue weighted by Crippen LogP contribution is -2.39. The van der Waals surface area contributed by atoms with Gasteiger partial charge in [0.2, 0.25) is 0 Å². The summed E-state index contributed by atoms with van der Waals surface area (Å²) in [5.41, 5.74) is 0.550. The summed E-state index contributed by atoms with van der Waals surface area (Å²) < 4.78 is 0. The van der Waals surface area contributed by atoms with Gasteiger partial charge >= 0.3 is 5.97 Å². The number of carboxylic acid groups (broad SMARTS) is 1. The molecule has 0 aromatic carbocycles. The zero-order chi connectivity index (χ0) is 15.8. The van der Waals surface area contributed by atoms with Crippen molar-refractivity contribution in [3.05, 3.63) is 16.1 Å². The number of likely N-dealkylation sites (tertiary alicyclic amines) is 1. The summed E-state index contributed by atoms with van der Waals surface area (Å²) in [6.07, 6.45) is 0.732.